The molecule has 4 rings (SSSR count). The van der Waals surface area contributed by atoms with E-state index in [1.165, 1.54) is 6.42 Å². The molecule has 0 spiro atoms. The summed E-state index contributed by atoms with van der Waals surface area (Å²) < 4.78 is 0. The van der Waals surface area contributed by atoms with Gasteiger partial charge in [0.05, 0.1) is 6.10 Å². The van der Waals surface area contributed by atoms with Crippen LogP contribution in [0.3, 0.4) is 0 Å². The molecular weight excluding hydrogens is 352 g/mol. The minimum absolute atomic E-state index is 0.187. The summed E-state index contributed by atoms with van der Waals surface area (Å²) in [6, 6.07) is 0. The van der Waals surface area contributed by atoms with Gasteiger partial charge in [0.1, 0.15) is 5.78 Å². The van der Waals surface area contributed by atoms with Crippen LogP contribution in [-0.2, 0) is 9.59 Å². The Morgan fingerprint density at radius 3 is 2.50 bits per heavy atom. The lowest BCUT2D eigenvalue weighted by atomic mass is 9.44. The van der Waals surface area contributed by atoms with E-state index >= 15 is 0 Å². The Bertz CT molecular complexity index is 645. The third-order valence-electron chi connectivity index (χ3n) is 10.0. The summed E-state index contributed by atoms with van der Waals surface area (Å²) in [5.41, 5.74) is 0.401. The molecule has 0 aromatic heterocycles. The number of aliphatic hydroxyl groups is 1. The molecule has 9 atom stereocenters. The van der Waals surface area contributed by atoms with Crippen molar-refractivity contribution >= 4 is 11.8 Å². The van der Waals surface area contributed by atoms with Crippen molar-refractivity contribution in [2.24, 2.45) is 46.3 Å². The van der Waals surface area contributed by atoms with Crippen LogP contribution in [0, 0.1) is 46.3 Å². The Balaban J connectivity index is 1.56. The third kappa shape index (κ3) is 3.05. The lowest BCUT2D eigenvalue weighted by Gasteiger charge is -2.60. The normalized spacial score (nSPS) is 49.1. The summed E-state index contributed by atoms with van der Waals surface area (Å²) in [6.07, 6.45) is 8.81. The van der Waals surface area contributed by atoms with Gasteiger partial charge in [0.15, 0.2) is 0 Å². The van der Waals surface area contributed by atoms with Gasteiger partial charge in [-0.15, -0.1) is 0 Å². The topological polar surface area (TPSA) is 74.6 Å². The van der Waals surface area contributed by atoms with E-state index in [4.69, 9.17) is 5.11 Å². The molecule has 158 valence electrons. The first-order chi connectivity index (χ1) is 13.2. The molecule has 0 saturated heterocycles. The number of ketones is 1. The van der Waals surface area contributed by atoms with Crippen molar-refractivity contribution in [3.8, 4) is 0 Å². The van der Waals surface area contributed by atoms with Crippen molar-refractivity contribution in [1.82, 2.24) is 0 Å². The van der Waals surface area contributed by atoms with Gasteiger partial charge in [-0.05, 0) is 91.8 Å². The van der Waals surface area contributed by atoms with Crippen LogP contribution >= 0.6 is 0 Å². The maximum absolute atomic E-state index is 13.3. The smallest absolute Gasteiger partial charge is 0.303 e. The highest BCUT2D eigenvalue weighted by atomic mass is 16.4. The molecule has 0 unspecified atom stereocenters. The molecule has 0 radical (unpaired) electrons. The summed E-state index contributed by atoms with van der Waals surface area (Å²) in [5, 5.41) is 19.3. The van der Waals surface area contributed by atoms with Crippen molar-refractivity contribution in [2.75, 3.05) is 0 Å². The lowest BCUT2D eigenvalue weighted by Crippen LogP contribution is -2.57. The molecule has 0 heterocycles. The van der Waals surface area contributed by atoms with E-state index in [1.807, 2.05) is 0 Å². The van der Waals surface area contributed by atoms with E-state index in [2.05, 4.69) is 20.8 Å². The van der Waals surface area contributed by atoms with Crippen molar-refractivity contribution in [3.63, 3.8) is 0 Å². The summed E-state index contributed by atoms with van der Waals surface area (Å²) in [4.78, 5) is 24.4. The van der Waals surface area contributed by atoms with Crippen molar-refractivity contribution in [2.45, 2.75) is 91.1 Å². The van der Waals surface area contributed by atoms with Crippen molar-refractivity contribution in [1.29, 1.82) is 0 Å². The number of aliphatic hydroxyl groups excluding tert-OH is 1. The quantitative estimate of drug-likeness (QED) is 0.730. The molecule has 4 fully saturated rings. The van der Waals surface area contributed by atoms with Crippen LogP contribution in [0.15, 0.2) is 0 Å². The zero-order chi connectivity index (χ0) is 20.3. The minimum Gasteiger partial charge on any atom is -0.481 e. The number of carbonyl (C=O) groups excluding carboxylic acids is 1. The maximum Gasteiger partial charge on any atom is 0.303 e. The van der Waals surface area contributed by atoms with Crippen molar-refractivity contribution < 1.29 is 19.8 Å². The highest BCUT2D eigenvalue weighted by Crippen LogP contribution is 2.67. The van der Waals surface area contributed by atoms with Gasteiger partial charge in [-0.2, -0.15) is 0 Å². The van der Waals surface area contributed by atoms with Gasteiger partial charge in [0.25, 0.3) is 0 Å². The van der Waals surface area contributed by atoms with Crippen LogP contribution in [-0.4, -0.2) is 28.1 Å². The largest absolute Gasteiger partial charge is 0.481 e. The highest BCUT2D eigenvalue weighted by Gasteiger charge is 2.62. The SMILES string of the molecule is C[C@H](CCC(=O)O)[C@H]1CC[C@H]2[C@@H]3C(=O)C[C@@H]4C[C@H](O)CC[C@]4(C)[C@@H]3CC[C@]12C. The van der Waals surface area contributed by atoms with E-state index in [0.717, 1.165) is 44.9 Å². The van der Waals surface area contributed by atoms with Crippen LogP contribution in [0.1, 0.15) is 85.0 Å². The van der Waals surface area contributed by atoms with Crippen molar-refractivity contribution in [3.05, 3.63) is 0 Å². The van der Waals surface area contributed by atoms with Crippen LogP contribution in [0.5, 0.6) is 0 Å². The van der Waals surface area contributed by atoms with E-state index in [1.54, 1.807) is 0 Å². The molecule has 28 heavy (non-hydrogen) atoms. The average Bonchev–Trinajstić information content (AvgIpc) is 2.98. The summed E-state index contributed by atoms with van der Waals surface area (Å²) in [7, 11) is 0. The maximum atomic E-state index is 13.3. The first kappa shape index (κ1) is 20.4. The molecular formula is C24H38O4. The van der Waals surface area contributed by atoms with Crippen LogP contribution in [0.25, 0.3) is 0 Å². The predicted octanol–water partition coefficient (Wildman–Crippen LogP) is 4.69. The first-order valence-corrected chi connectivity index (χ1v) is 11.6. The number of carboxylic acid groups (broad SMARTS) is 1. The van der Waals surface area contributed by atoms with Crippen LogP contribution < -0.4 is 0 Å². The fourth-order valence-electron chi connectivity index (χ4n) is 8.44. The predicted molar refractivity (Wildman–Crippen MR) is 108 cm³/mol. The molecule has 4 nitrogen and oxygen atoms in total. The molecule has 4 saturated carbocycles. The molecule has 0 bridgehead atoms. The minimum atomic E-state index is -0.698. The van der Waals surface area contributed by atoms with Gasteiger partial charge >= 0.3 is 5.97 Å². The molecule has 0 amide bonds. The van der Waals surface area contributed by atoms with Gasteiger partial charge < -0.3 is 10.2 Å². The molecule has 0 aromatic carbocycles. The van der Waals surface area contributed by atoms with Crippen LogP contribution in [0.2, 0.25) is 0 Å². The fourth-order valence-corrected chi connectivity index (χ4v) is 8.44. The van der Waals surface area contributed by atoms with Gasteiger partial charge in [0.2, 0.25) is 0 Å². The molecule has 2 N–H and O–H groups in total. The second-order valence-electron chi connectivity index (χ2n) is 11.2. The number of fused-ring (bicyclic) bond motifs is 5. The molecule has 0 aliphatic heterocycles. The van der Waals surface area contributed by atoms with E-state index in [-0.39, 0.29) is 29.3 Å². The number of carbonyl (C=O) groups is 2. The van der Waals surface area contributed by atoms with Gasteiger partial charge in [-0.3, -0.25) is 9.59 Å². The van der Waals surface area contributed by atoms with Gasteiger partial charge in [0, 0.05) is 18.8 Å². The highest BCUT2D eigenvalue weighted by molar-refractivity contribution is 5.83. The summed E-state index contributed by atoms with van der Waals surface area (Å²) >= 11 is 0. The number of carboxylic acids is 1. The molecule has 4 aliphatic rings. The zero-order valence-corrected chi connectivity index (χ0v) is 17.8. The summed E-state index contributed by atoms with van der Waals surface area (Å²) in [6.45, 7) is 7.06. The molecule has 4 heteroatoms. The van der Waals surface area contributed by atoms with Gasteiger partial charge in [-0.25, -0.2) is 0 Å². The van der Waals surface area contributed by atoms with Gasteiger partial charge in [-0.1, -0.05) is 20.8 Å². The fraction of sp³-hybridized carbons (Fsp3) is 0.917. The number of aliphatic carboxylic acids is 1. The Hall–Kier alpha value is -0.900. The summed E-state index contributed by atoms with van der Waals surface area (Å²) in [5.74, 6) is 2.25. The standard InChI is InChI=1S/C24H38O4/c1-14(4-7-21(27)28)17-5-6-18-22-19(9-11-24(17,18)3)23(2)10-8-16(25)12-15(23)13-20(22)26/h14-19,22,25H,4-13H2,1-3H3,(H,27,28)/t14-,15+,16-,17-,18+,19-,22+,23+,24-/m1/s1. The average molecular weight is 391 g/mol. The zero-order valence-electron chi connectivity index (χ0n) is 17.8. The number of hydrogen-bond donors (Lipinski definition) is 2. The van der Waals surface area contributed by atoms with E-state index < -0.39 is 5.97 Å². The molecule has 4 aliphatic carbocycles. The number of Topliss-reactive ketones (excluding diaryl/α,β-unsaturated/α-hetero) is 1. The Labute approximate surface area is 169 Å². The second-order valence-corrected chi connectivity index (χ2v) is 11.2. The molecule has 0 aromatic rings. The number of rotatable bonds is 4. The second kappa shape index (κ2) is 7.11. The van der Waals surface area contributed by atoms with E-state index in [9.17, 15) is 14.7 Å². The first-order valence-electron chi connectivity index (χ1n) is 11.6. The Kier molecular flexibility index (Phi) is 5.17. The van der Waals surface area contributed by atoms with E-state index in [0.29, 0.717) is 41.8 Å². The number of hydrogen-bond acceptors (Lipinski definition) is 3. The van der Waals surface area contributed by atoms with Crippen LogP contribution in [0.4, 0.5) is 0 Å². The monoisotopic (exact) mass is 390 g/mol. The lowest BCUT2D eigenvalue weighted by molar-refractivity contribution is -0.160. The Morgan fingerprint density at radius 1 is 1.11 bits per heavy atom. The Morgan fingerprint density at radius 2 is 1.79 bits per heavy atom. The third-order valence-corrected chi connectivity index (χ3v) is 10.0.